The molecule has 1 N–H and O–H groups in total. The van der Waals surface area contributed by atoms with Crippen molar-refractivity contribution in [2.75, 3.05) is 36.4 Å². The first-order chi connectivity index (χ1) is 22.3. The van der Waals surface area contributed by atoms with Gasteiger partial charge in [-0.25, -0.2) is 13.4 Å². The third kappa shape index (κ3) is 8.02. The second-order valence-electron chi connectivity index (χ2n) is 11.2. The number of aromatic nitrogens is 2. The van der Waals surface area contributed by atoms with E-state index in [0.29, 0.717) is 31.7 Å². The lowest BCUT2D eigenvalue weighted by molar-refractivity contribution is 0.0745. The van der Waals surface area contributed by atoms with Gasteiger partial charge in [0.2, 0.25) is 5.88 Å². The number of pyridine rings is 2. The molecule has 3 heterocycles. The molecule has 2 aromatic heterocycles. The summed E-state index contributed by atoms with van der Waals surface area (Å²) in [5.41, 5.74) is 1.40. The summed E-state index contributed by atoms with van der Waals surface area (Å²) in [6.45, 7) is 5.19. The van der Waals surface area contributed by atoms with Crippen LogP contribution in [0.1, 0.15) is 34.7 Å². The van der Waals surface area contributed by atoms with Crippen LogP contribution in [0, 0.1) is 0 Å². The highest BCUT2D eigenvalue weighted by Gasteiger charge is 2.65. The van der Waals surface area contributed by atoms with Crippen molar-refractivity contribution in [2.24, 2.45) is 0 Å². The van der Waals surface area contributed by atoms with Crippen molar-refractivity contribution in [1.29, 1.82) is 0 Å². The number of benzene rings is 2. The number of carbonyl (C=O) groups is 2. The van der Waals surface area contributed by atoms with Gasteiger partial charge in [-0.1, -0.05) is 19.4 Å². The van der Waals surface area contributed by atoms with Crippen LogP contribution in [0.2, 0.25) is 0 Å². The summed E-state index contributed by atoms with van der Waals surface area (Å²) >= 11 is 0. The van der Waals surface area contributed by atoms with Crippen molar-refractivity contribution in [3.05, 3.63) is 96.4 Å². The molecule has 4 aromatic rings. The normalized spacial score (nSPS) is 15.4. The molecule has 1 fully saturated rings. The van der Waals surface area contributed by atoms with Gasteiger partial charge in [-0.05, 0) is 80.6 Å². The van der Waals surface area contributed by atoms with E-state index in [1.54, 1.807) is 43.0 Å². The summed E-state index contributed by atoms with van der Waals surface area (Å²) < 4.78 is 94.6. The van der Waals surface area contributed by atoms with Crippen molar-refractivity contribution in [1.82, 2.24) is 14.9 Å². The van der Waals surface area contributed by atoms with E-state index in [9.17, 15) is 37.4 Å². The lowest BCUT2D eigenvalue weighted by Crippen LogP contribution is -2.48. The lowest BCUT2D eigenvalue weighted by atomic mass is 10.2. The van der Waals surface area contributed by atoms with Gasteiger partial charge in [0.25, 0.3) is 11.8 Å². The number of anilines is 2. The molecule has 1 saturated heterocycles. The molecule has 0 saturated carbocycles. The molecule has 2 amide bonds. The number of amides is 2. The van der Waals surface area contributed by atoms with Crippen LogP contribution >= 0.6 is 10.2 Å². The van der Waals surface area contributed by atoms with Crippen molar-refractivity contribution in [2.45, 2.75) is 28.9 Å². The van der Waals surface area contributed by atoms with E-state index in [1.807, 2.05) is 0 Å². The number of hydrogen-bond acceptors (Lipinski definition) is 8. The second-order valence-corrected chi connectivity index (χ2v) is 16.1. The highest BCUT2D eigenvalue weighted by atomic mass is 32.5. The van der Waals surface area contributed by atoms with Gasteiger partial charge in [0.15, 0.2) is 9.84 Å². The fourth-order valence-electron chi connectivity index (χ4n) is 4.72. The highest BCUT2D eigenvalue weighted by molar-refractivity contribution is 8.45. The molecule has 0 spiro atoms. The maximum atomic E-state index is 13.1. The largest absolute Gasteiger partial charge is 0.439 e. The van der Waals surface area contributed by atoms with Gasteiger partial charge >= 0.3 is 10.2 Å². The molecule has 5 rings (SSSR count). The van der Waals surface area contributed by atoms with Gasteiger partial charge in [0.1, 0.15) is 16.3 Å². The quantitative estimate of drug-likeness (QED) is 0.179. The van der Waals surface area contributed by atoms with Crippen molar-refractivity contribution in [3.63, 3.8) is 0 Å². The Morgan fingerprint density at radius 3 is 1.98 bits per heavy atom. The number of piperazine rings is 1. The summed E-state index contributed by atoms with van der Waals surface area (Å²) in [6, 6.07) is 14.3. The van der Waals surface area contributed by atoms with Gasteiger partial charge in [-0.15, -0.1) is 0 Å². The Labute approximate surface area is 273 Å². The number of nitrogens with one attached hydrogen (secondary N) is 1. The summed E-state index contributed by atoms with van der Waals surface area (Å²) in [5.74, 6) is -1.07. The van der Waals surface area contributed by atoms with Crippen LogP contribution < -0.4 is 15.0 Å². The number of halogens is 5. The third-order valence-electron chi connectivity index (χ3n) is 7.45. The van der Waals surface area contributed by atoms with E-state index in [-0.39, 0.29) is 45.9 Å². The van der Waals surface area contributed by atoms with Crippen molar-refractivity contribution < 1.29 is 42.2 Å². The Morgan fingerprint density at radius 1 is 0.812 bits per heavy atom. The molecule has 256 valence electrons. The van der Waals surface area contributed by atoms with Gasteiger partial charge in [-0.2, -0.15) is 0 Å². The van der Waals surface area contributed by atoms with Crippen LogP contribution in [0.25, 0.3) is 0 Å². The summed E-state index contributed by atoms with van der Waals surface area (Å²) in [4.78, 5) is 35.8. The zero-order chi connectivity index (χ0) is 35.0. The zero-order valence-electron chi connectivity index (χ0n) is 25.5. The fraction of sp³-hybridized carbons (Fsp3) is 0.226. The van der Waals surface area contributed by atoms with E-state index >= 15 is 0 Å². The molecule has 1 aliphatic rings. The number of sulfone groups is 1. The van der Waals surface area contributed by atoms with E-state index in [1.165, 1.54) is 36.7 Å². The first kappa shape index (κ1) is 34.6. The Hall–Kier alpha value is -4.77. The predicted octanol–water partition coefficient (Wildman–Crippen LogP) is 7.32. The maximum absolute atomic E-state index is 13.1. The second kappa shape index (κ2) is 12.0. The molecule has 0 radical (unpaired) electrons. The number of nitrogens with zero attached hydrogens (tertiary/aromatic N) is 4. The van der Waals surface area contributed by atoms with E-state index in [4.69, 9.17) is 4.74 Å². The maximum Gasteiger partial charge on any atom is 0.310 e. The molecule has 2 aromatic carbocycles. The van der Waals surface area contributed by atoms with Crippen molar-refractivity contribution in [3.8, 4) is 11.6 Å². The highest BCUT2D eigenvalue weighted by Crippen LogP contribution is 3.02. The Morgan fingerprint density at radius 2 is 1.46 bits per heavy atom. The standard InChI is InChI=1S/C31H30F5N5O5S2/c1-21(2)47(44,45)26-9-5-24(6-10-26)40-15-17-41(18-16-40)31(43)22-3-13-28(37-19-22)30(42)39-23-4-14-29(38-20-23)46-25-7-11-27(12-8-25)48(32,33,34,35)36/h3-14,19-21H,15-18H2,1-2H3,(H,39,42). The Bertz CT molecular complexity index is 1920. The minimum Gasteiger partial charge on any atom is -0.439 e. The molecule has 17 heteroatoms. The molecular weight excluding hydrogens is 681 g/mol. The minimum absolute atomic E-state index is 0.0173. The zero-order valence-corrected chi connectivity index (χ0v) is 27.2. The van der Waals surface area contributed by atoms with Gasteiger partial charge < -0.3 is 19.9 Å². The van der Waals surface area contributed by atoms with Crippen LogP contribution in [0.3, 0.4) is 0 Å². The summed E-state index contributed by atoms with van der Waals surface area (Å²) in [6.07, 6.45) is 2.52. The monoisotopic (exact) mass is 711 g/mol. The number of carbonyl (C=O) groups excluding carboxylic acids is 2. The SMILES string of the molecule is CC(C)S(=O)(=O)c1ccc(N2CCN(C(=O)c3ccc(C(=O)Nc4ccc(Oc5ccc(S(F)(F)(F)(F)F)cc5)nc4)nc3)CC2)cc1. The fourth-order valence-corrected chi connectivity index (χ4v) is 6.43. The molecular formula is C31H30F5N5O5S2. The molecule has 48 heavy (non-hydrogen) atoms. The molecule has 0 atom stereocenters. The van der Waals surface area contributed by atoms with Crippen LogP contribution in [0.15, 0.2) is 95.0 Å². The number of ether oxygens (including phenoxy) is 1. The smallest absolute Gasteiger partial charge is 0.310 e. The van der Waals surface area contributed by atoms with E-state index in [0.717, 1.165) is 17.8 Å². The minimum atomic E-state index is -9.80. The lowest BCUT2D eigenvalue weighted by Gasteiger charge is -2.40. The van der Waals surface area contributed by atoms with Crippen LogP contribution in [-0.4, -0.2) is 66.5 Å². The summed E-state index contributed by atoms with van der Waals surface area (Å²) in [5, 5.41) is 2.05. The Balaban J connectivity index is 1.12. The number of rotatable bonds is 9. The van der Waals surface area contributed by atoms with Crippen LogP contribution in [0.4, 0.5) is 30.8 Å². The van der Waals surface area contributed by atoms with Crippen LogP contribution in [-0.2, 0) is 9.84 Å². The molecule has 0 aliphatic carbocycles. The van der Waals surface area contributed by atoms with Crippen LogP contribution in [0.5, 0.6) is 11.6 Å². The first-order valence-electron chi connectivity index (χ1n) is 14.4. The topological polar surface area (TPSA) is 122 Å². The Kier molecular flexibility index (Phi) is 8.67. The summed E-state index contributed by atoms with van der Waals surface area (Å²) in [7, 11) is -13.2. The predicted molar refractivity (Wildman–Crippen MR) is 171 cm³/mol. The van der Waals surface area contributed by atoms with Gasteiger partial charge in [0, 0.05) is 44.1 Å². The van der Waals surface area contributed by atoms with E-state index in [2.05, 4.69) is 20.2 Å². The van der Waals surface area contributed by atoms with Gasteiger partial charge in [0.05, 0.1) is 27.6 Å². The average Bonchev–Trinajstić information content (AvgIpc) is 3.04. The average molecular weight is 712 g/mol. The molecule has 0 bridgehead atoms. The van der Waals surface area contributed by atoms with Crippen molar-refractivity contribution >= 4 is 43.3 Å². The number of hydrogen-bond donors (Lipinski definition) is 1. The molecule has 10 nitrogen and oxygen atoms in total. The third-order valence-corrected chi connectivity index (χ3v) is 10.8. The van der Waals surface area contributed by atoms with E-state index < -0.39 is 36.1 Å². The van der Waals surface area contributed by atoms with Gasteiger partial charge in [-0.3, -0.25) is 14.6 Å². The molecule has 1 aliphatic heterocycles. The first-order valence-corrected chi connectivity index (χ1v) is 17.9. The molecule has 0 unspecified atom stereocenters.